The van der Waals surface area contributed by atoms with Gasteiger partial charge in [0.25, 0.3) is 0 Å². The van der Waals surface area contributed by atoms with Gasteiger partial charge < -0.3 is 9.84 Å². The van der Waals surface area contributed by atoms with Crippen molar-refractivity contribution in [3.63, 3.8) is 0 Å². The van der Waals surface area contributed by atoms with Crippen molar-refractivity contribution in [2.45, 2.75) is 18.9 Å². The largest absolute Gasteiger partial charge is 0.495 e. The molecule has 0 saturated carbocycles. The van der Waals surface area contributed by atoms with Crippen molar-refractivity contribution in [3.8, 4) is 5.75 Å². The maximum atomic E-state index is 11.8. The van der Waals surface area contributed by atoms with Crippen LogP contribution in [0.15, 0.2) is 18.2 Å². The Morgan fingerprint density at radius 3 is 2.89 bits per heavy atom. The number of carboxylic acid groups (broad SMARTS) is 1. The average Bonchev–Trinajstić information content (AvgIpc) is 2.71. The SMILES string of the molecule is COc1ccc(Cl)cc1N1C(=O)CCC1C(=O)O. The molecule has 0 aliphatic carbocycles. The Bertz CT molecular complexity index is 503. The molecule has 1 aromatic rings. The van der Waals surface area contributed by atoms with E-state index in [0.29, 0.717) is 22.9 Å². The van der Waals surface area contributed by atoms with Crippen LogP contribution in [0.1, 0.15) is 12.8 Å². The van der Waals surface area contributed by atoms with Gasteiger partial charge in [-0.2, -0.15) is 0 Å². The van der Waals surface area contributed by atoms with Gasteiger partial charge in [-0.1, -0.05) is 11.6 Å². The van der Waals surface area contributed by atoms with Crippen molar-refractivity contribution >= 4 is 29.2 Å². The van der Waals surface area contributed by atoms with Gasteiger partial charge in [-0.15, -0.1) is 0 Å². The van der Waals surface area contributed by atoms with Crippen molar-refractivity contribution in [2.24, 2.45) is 0 Å². The fourth-order valence-corrected chi connectivity index (χ4v) is 2.24. The molecule has 1 aliphatic rings. The average molecular weight is 270 g/mol. The Morgan fingerprint density at radius 1 is 1.56 bits per heavy atom. The van der Waals surface area contributed by atoms with Crippen molar-refractivity contribution in [1.82, 2.24) is 0 Å². The summed E-state index contributed by atoms with van der Waals surface area (Å²) < 4.78 is 5.14. The third-order valence-electron chi connectivity index (χ3n) is 2.90. The number of benzene rings is 1. The topological polar surface area (TPSA) is 66.8 Å². The van der Waals surface area contributed by atoms with E-state index in [-0.39, 0.29) is 12.3 Å². The van der Waals surface area contributed by atoms with Gasteiger partial charge in [-0.25, -0.2) is 4.79 Å². The lowest BCUT2D eigenvalue weighted by Crippen LogP contribution is -2.38. The van der Waals surface area contributed by atoms with E-state index < -0.39 is 12.0 Å². The highest BCUT2D eigenvalue weighted by Gasteiger charge is 2.38. The van der Waals surface area contributed by atoms with Crippen LogP contribution in [0.25, 0.3) is 0 Å². The maximum absolute atomic E-state index is 11.8. The van der Waals surface area contributed by atoms with Gasteiger partial charge in [0.1, 0.15) is 11.8 Å². The summed E-state index contributed by atoms with van der Waals surface area (Å²) in [6.07, 6.45) is 0.510. The number of methoxy groups -OCH3 is 1. The Kier molecular flexibility index (Phi) is 3.43. The van der Waals surface area contributed by atoms with Crippen LogP contribution in [0.3, 0.4) is 0 Å². The number of aliphatic carboxylic acids is 1. The molecule has 0 aromatic heterocycles. The molecule has 96 valence electrons. The molecule has 1 unspecified atom stereocenters. The zero-order valence-electron chi connectivity index (χ0n) is 9.72. The first kappa shape index (κ1) is 12.7. The number of hydrogen-bond acceptors (Lipinski definition) is 3. The minimum atomic E-state index is -1.03. The lowest BCUT2D eigenvalue weighted by Gasteiger charge is -2.23. The molecule has 1 aliphatic heterocycles. The summed E-state index contributed by atoms with van der Waals surface area (Å²) in [5.41, 5.74) is 0.403. The van der Waals surface area contributed by atoms with Crippen LogP contribution >= 0.6 is 11.6 Å². The van der Waals surface area contributed by atoms with Crippen LogP contribution < -0.4 is 9.64 Å². The maximum Gasteiger partial charge on any atom is 0.326 e. The van der Waals surface area contributed by atoms with Gasteiger partial charge in [-0.05, 0) is 24.6 Å². The van der Waals surface area contributed by atoms with Crippen molar-refractivity contribution in [1.29, 1.82) is 0 Å². The molecule has 5 nitrogen and oxygen atoms in total. The summed E-state index contributed by atoms with van der Waals surface area (Å²) >= 11 is 5.89. The number of carbonyl (C=O) groups excluding carboxylic acids is 1. The number of carboxylic acids is 1. The smallest absolute Gasteiger partial charge is 0.326 e. The molecule has 0 bridgehead atoms. The summed E-state index contributed by atoms with van der Waals surface area (Å²) in [4.78, 5) is 24.2. The summed E-state index contributed by atoms with van der Waals surface area (Å²) in [7, 11) is 1.46. The van der Waals surface area contributed by atoms with E-state index >= 15 is 0 Å². The second kappa shape index (κ2) is 4.86. The van der Waals surface area contributed by atoms with E-state index in [9.17, 15) is 9.59 Å². The van der Waals surface area contributed by atoms with Gasteiger partial charge in [0.05, 0.1) is 12.8 Å². The molecule has 0 radical (unpaired) electrons. The molecule has 1 saturated heterocycles. The first-order valence-electron chi connectivity index (χ1n) is 5.43. The fourth-order valence-electron chi connectivity index (χ4n) is 2.07. The van der Waals surface area contributed by atoms with Crippen molar-refractivity contribution < 1.29 is 19.4 Å². The van der Waals surface area contributed by atoms with E-state index in [1.54, 1.807) is 18.2 Å². The van der Waals surface area contributed by atoms with Crippen molar-refractivity contribution in [2.75, 3.05) is 12.0 Å². The minimum Gasteiger partial charge on any atom is -0.495 e. The molecule has 1 aromatic carbocycles. The van der Waals surface area contributed by atoms with Crippen LogP contribution in [-0.2, 0) is 9.59 Å². The molecule has 1 heterocycles. The van der Waals surface area contributed by atoms with E-state index in [1.165, 1.54) is 12.0 Å². The molecular weight excluding hydrogens is 258 g/mol. The zero-order valence-corrected chi connectivity index (χ0v) is 10.5. The lowest BCUT2D eigenvalue weighted by atomic mass is 10.2. The first-order valence-corrected chi connectivity index (χ1v) is 5.81. The number of carbonyl (C=O) groups is 2. The van der Waals surface area contributed by atoms with Gasteiger partial charge in [0.15, 0.2) is 0 Å². The Balaban J connectivity index is 2.48. The second-order valence-electron chi connectivity index (χ2n) is 3.97. The van der Waals surface area contributed by atoms with Gasteiger partial charge in [0, 0.05) is 11.4 Å². The number of rotatable bonds is 3. The fraction of sp³-hybridized carbons (Fsp3) is 0.333. The van der Waals surface area contributed by atoms with E-state index in [1.807, 2.05) is 0 Å². The number of nitrogens with zero attached hydrogens (tertiary/aromatic N) is 1. The summed E-state index contributed by atoms with van der Waals surface area (Å²) in [6, 6.07) is 3.92. The lowest BCUT2D eigenvalue weighted by molar-refractivity contribution is -0.138. The van der Waals surface area contributed by atoms with E-state index in [0.717, 1.165) is 0 Å². The number of amides is 1. The molecule has 1 atom stereocenters. The quantitative estimate of drug-likeness (QED) is 0.910. The van der Waals surface area contributed by atoms with Gasteiger partial charge >= 0.3 is 5.97 Å². The number of hydrogen-bond donors (Lipinski definition) is 1. The Hall–Kier alpha value is -1.75. The molecule has 1 amide bonds. The number of ether oxygens (including phenoxy) is 1. The van der Waals surface area contributed by atoms with Gasteiger partial charge in [-0.3, -0.25) is 9.69 Å². The highest BCUT2D eigenvalue weighted by atomic mass is 35.5. The normalized spacial score (nSPS) is 19.1. The third-order valence-corrected chi connectivity index (χ3v) is 3.13. The van der Waals surface area contributed by atoms with Crippen LogP contribution in [-0.4, -0.2) is 30.1 Å². The van der Waals surface area contributed by atoms with Crippen LogP contribution in [0.4, 0.5) is 5.69 Å². The Labute approximate surface area is 109 Å². The minimum absolute atomic E-state index is 0.215. The Morgan fingerprint density at radius 2 is 2.28 bits per heavy atom. The third kappa shape index (κ3) is 2.13. The molecular formula is C12H12ClNO4. The summed E-state index contributed by atoms with van der Waals surface area (Å²) in [6.45, 7) is 0. The monoisotopic (exact) mass is 269 g/mol. The first-order chi connectivity index (χ1) is 8.54. The standard InChI is InChI=1S/C12H12ClNO4/c1-18-10-4-2-7(13)6-9(10)14-8(12(16)17)3-5-11(14)15/h2,4,6,8H,3,5H2,1H3,(H,16,17). The summed E-state index contributed by atoms with van der Waals surface area (Å²) in [5, 5.41) is 9.55. The molecule has 1 N–H and O–H groups in total. The zero-order chi connectivity index (χ0) is 13.3. The van der Waals surface area contributed by atoms with E-state index in [2.05, 4.69) is 0 Å². The second-order valence-corrected chi connectivity index (χ2v) is 4.41. The molecule has 18 heavy (non-hydrogen) atoms. The van der Waals surface area contributed by atoms with Crippen molar-refractivity contribution in [3.05, 3.63) is 23.2 Å². The highest BCUT2D eigenvalue weighted by molar-refractivity contribution is 6.31. The molecule has 2 rings (SSSR count). The number of anilines is 1. The highest BCUT2D eigenvalue weighted by Crippen LogP contribution is 2.36. The predicted molar refractivity (Wildman–Crippen MR) is 66.1 cm³/mol. The summed E-state index contributed by atoms with van der Waals surface area (Å²) in [5.74, 6) is -0.827. The molecule has 6 heteroatoms. The predicted octanol–water partition coefficient (Wildman–Crippen LogP) is 1.93. The molecule has 1 fully saturated rings. The molecule has 0 spiro atoms. The number of halogens is 1. The van der Waals surface area contributed by atoms with Crippen LogP contribution in [0.2, 0.25) is 5.02 Å². The van der Waals surface area contributed by atoms with Gasteiger partial charge in [0.2, 0.25) is 5.91 Å². The van der Waals surface area contributed by atoms with Crippen LogP contribution in [0, 0.1) is 0 Å². The van der Waals surface area contributed by atoms with Crippen LogP contribution in [0.5, 0.6) is 5.75 Å². The van der Waals surface area contributed by atoms with E-state index in [4.69, 9.17) is 21.4 Å².